The molecule has 1 aromatic rings. The van der Waals surface area contributed by atoms with Gasteiger partial charge in [-0.05, 0) is 57.6 Å². The van der Waals surface area contributed by atoms with Gasteiger partial charge in [-0.15, -0.1) is 0 Å². The van der Waals surface area contributed by atoms with Gasteiger partial charge in [-0.25, -0.2) is 4.79 Å². The van der Waals surface area contributed by atoms with E-state index in [9.17, 15) is 9.59 Å². The second-order valence-electron chi connectivity index (χ2n) is 5.60. The van der Waals surface area contributed by atoms with E-state index >= 15 is 0 Å². The molecule has 1 aromatic carbocycles. The Morgan fingerprint density at radius 2 is 1.95 bits per heavy atom. The third-order valence-electron chi connectivity index (χ3n) is 3.97. The fourth-order valence-corrected chi connectivity index (χ4v) is 2.58. The number of hydrogen-bond acceptors (Lipinski definition) is 3. The molecule has 0 aromatic heterocycles. The van der Waals surface area contributed by atoms with Gasteiger partial charge in [0.25, 0.3) is 0 Å². The molecule has 5 nitrogen and oxygen atoms in total. The fourth-order valence-electron chi connectivity index (χ4n) is 2.58. The van der Waals surface area contributed by atoms with Crippen LogP contribution >= 0.6 is 0 Å². The minimum Gasteiger partial charge on any atom is -0.336 e. The molecule has 1 unspecified atom stereocenters. The van der Waals surface area contributed by atoms with Crippen molar-refractivity contribution in [2.45, 2.75) is 32.2 Å². The Balaban J connectivity index is 1.80. The van der Waals surface area contributed by atoms with Crippen molar-refractivity contribution in [1.82, 2.24) is 10.2 Å². The highest BCUT2D eigenvalue weighted by atomic mass is 16.2. The molecular weight excluding hydrogens is 266 g/mol. The van der Waals surface area contributed by atoms with Gasteiger partial charge in [0.15, 0.2) is 5.78 Å². The lowest BCUT2D eigenvalue weighted by molar-refractivity contribution is 0.101. The van der Waals surface area contributed by atoms with Crippen LogP contribution in [-0.4, -0.2) is 42.9 Å². The van der Waals surface area contributed by atoms with Crippen LogP contribution in [0, 0.1) is 0 Å². The van der Waals surface area contributed by atoms with Crippen LogP contribution in [0.4, 0.5) is 10.5 Å². The van der Waals surface area contributed by atoms with E-state index in [1.165, 1.54) is 19.8 Å². The summed E-state index contributed by atoms with van der Waals surface area (Å²) in [7, 11) is 2.10. The summed E-state index contributed by atoms with van der Waals surface area (Å²) in [6, 6.07) is 7.13. The van der Waals surface area contributed by atoms with Crippen LogP contribution in [0.5, 0.6) is 0 Å². The Bertz CT molecular complexity index is 499. The van der Waals surface area contributed by atoms with Crippen LogP contribution in [0.25, 0.3) is 0 Å². The molecule has 0 bridgehead atoms. The highest BCUT2D eigenvalue weighted by Gasteiger charge is 2.19. The van der Waals surface area contributed by atoms with Gasteiger partial charge in [0.2, 0.25) is 0 Å². The predicted molar refractivity (Wildman–Crippen MR) is 83.7 cm³/mol. The van der Waals surface area contributed by atoms with E-state index in [-0.39, 0.29) is 11.8 Å². The third kappa shape index (κ3) is 4.56. The van der Waals surface area contributed by atoms with Gasteiger partial charge in [0.1, 0.15) is 0 Å². The number of urea groups is 1. The minimum absolute atomic E-state index is 0.0198. The Hall–Kier alpha value is -1.88. The number of carbonyl (C=O) groups is 2. The minimum atomic E-state index is -0.204. The lowest BCUT2D eigenvalue weighted by Crippen LogP contribution is -2.45. The largest absolute Gasteiger partial charge is 0.336 e. The maximum Gasteiger partial charge on any atom is 0.319 e. The normalized spacial score (nSPS) is 19.0. The molecule has 2 rings (SSSR count). The number of likely N-dealkylation sites (tertiary alicyclic amines) is 1. The van der Waals surface area contributed by atoms with Gasteiger partial charge in [0, 0.05) is 23.8 Å². The molecule has 2 amide bonds. The first-order valence-corrected chi connectivity index (χ1v) is 7.42. The summed E-state index contributed by atoms with van der Waals surface area (Å²) in [5.41, 5.74) is 1.33. The molecule has 1 saturated heterocycles. The molecule has 1 fully saturated rings. The summed E-state index contributed by atoms with van der Waals surface area (Å²) in [4.78, 5) is 25.4. The lowest BCUT2D eigenvalue weighted by Gasteiger charge is -2.32. The molecule has 114 valence electrons. The highest BCUT2D eigenvalue weighted by molar-refractivity contribution is 5.95. The number of amides is 2. The zero-order chi connectivity index (χ0) is 15.2. The van der Waals surface area contributed by atoms with Gasteiger partial charge in [0.05, 0.1) is 0 Å². The maximum absolute atomic E-state index is 11.9. The summed E-state index contributed by atoms with van der Waals surface area (Å²) in [6.45, 7) is 3.28. The van der Waals surface area contributed by atoms with Crippen LogP contribution in [0.2, 0.25) is 0 Å². The summed E-state index contributed by atoms with van der Waals surface area (Å²) in [5.74, 6) is 0.0198. The number of nitrogens with one attached hydrogen (secondary N) is 2. The first-order valence-electron chi connectivity index (χ1n) is 7.42. The van der Waals surface area contributed by atoms with Gasteiger partial charge >= 0.3 is 6.03 Å². The van der Waals surface area contributed by atoms with Crippen molar-refractivity contribution < 1.29 is 9.59 Å². The second-order valence-corrected chi connectivity index (χ2v) is 5.60. The van der Waals surface area contributed by atoms with E-state index in [1.54, 1.807) is 24.3 Å². The second kappa shape index (κ2) is 7.22. The first-order chi connectivity index (χ1) is 10.1. The Morgan fingerprint density at radius 1 is 1.24 bits per heavy atom. The van der Waals surface area contributed by atoms with Crippen LogP contribution in [-0.2, 0) is 0 Å². The first kappa shape index (κ1) is 15.5. The molecule has 0 radical (unpaired) electrons. The van der Waals surface area contributed by atoms with E-state index in [0.29, 0.717) is 23.8 Å². The number of anilines is 1. The van der Waals surface area contributed by atoms with Crippen molar-refractivity contribution in [3.05, 3.63) is 29.8 Å². The van der Waals surface area contributed by atoms with Crippen LogP contribution in [0.3, 0.4) is 0 Å². The number of rotatable bonds is 4. The average molecular weight is 289 g/mol. The smallest absolute Gasteiger partial charge is 0.319 e. The summed E-state index contributed by atoms with van der Waals surface area (Å²) in [6.07, 6.45) is 3.59. The number of hydrogen-bond donors (Lipinski definition) is 2. The average Bonchev–Trinajstić information content (AvgIpc) is 2.47. The SMILES string of the molecule is CC(=O)c1ccc(NC(=O)NCC2CCCCN2C)cc1. The predicted octanol–water partition coefficient (Wildman–Crippen LogP) is 2.50. The van der Waals surface area contributed by atoms with Crippen LogP contribution in [0.15, 0.2) is 24.3 Å². The molecule has 21 heavy (non-hydrogen) atoms. The van der Waals surface area contributed by atoms with E-state index in [0.717, 1.165) is 13.0 Å². The summed E-state index contributed by atoms with van der Waals surface area (Å²) >= 11 is 0. The molecule has 0 saturated carbocycles. The molecule has 1 aliphatic rings. The zero-order valence-electron chi connectivity index (χ0n) is 12.7. The third-order valence-corrected chi connectivity index (χ3v) is 3.97. The number of carbonyl (C=O) groups excluding carboxylic acids is 2. The number of nitrogens with zero attached hydrogens (tertiary/aromatic N) is 1. The number of ketones is 1. The monoisotopic (exact) mass is 289 g/mol. The fraction of sp³-hybridized carbons (Fsp3) is 0.500. The Labute approximate surface area is 125 Å². The standard InChI is InChI=1S/C16H23N3O2/c1-12(20)13-6-8-14(9-7-13)18-16(21)17-11-15-5-3-4-10-19(15)2/h6-9,15H,3-5,10-11H2,1-2H3,(H2,17,18,21). The van der Waals surface area contributed by atoms with Crippen molar-refractivity contribution in [3.8, 4) is 0 Å². The van der Waals surface area contributed by atoms with Crippen molar-refractivity contribution >= 4 is 17.5 Å². The highest BCUT2D eigenvalue weighted by Crippen LogP contribution is 2.14. The van der Waals surface area contributed by atoms with E-state index < -0.39 is 0 Å². The number of likely N-dealkylation sites (N-methyl/N-ethyl adjacent to an activating group) is 1. The van der Waals surface area contributed by atoms with Crippen LogP contribution in [0.1, 0.15) is 36.5 Å². The lowest BCUT2D eigenvalue weighted by atomic mass is 10.0. The van der Waals surface area contributed by atoms with E-state index in [2.05, 4.69) is 22.6 Å². The maximum atomic E-state index is 11.9. The van der Waals surface area contributed by atoms with Crippen LogP contribution < -0.4 is 10.6 Å². The number of Topliss-reactive ketones (excluding diaryl/α,β-unsaturated/α-hetero) is 1. The molecule has 1 heterocycles. The van der Waals surface area contributed by atoms with E-state index in [1.807, 2.05) is 0 Å². The summed E-state index contributed by atoms with van der Waals surface area (Å²) < 4.78 is 0. The molecule has 0 aliphatic carbocycles. The van der Waals surface area contributed by atoms with Gasteiger partial charge < -0.3 is 15.5 Å². The Kier molecular flexibility index (Phi) is 5.33. The molecule has 1 atom stereocenters. The molecule has 0 spiro atoms. The van der Waals surface area contributed by atoms with Crippen molar-refractivity contribution in [3.63, 3.8) is 0 Å². The topological polar surface area (TPSA) is 61.4 Å². The Morgan fingerprint density at radius 3 is 2.57 bits per heavy atom. The zero-order valence-corrected chi connectivity index (χ0v) is 12.7. The van der Waals surface area contributed by atoms with Gasteiger partial charge in [-0.3, -0.25) is 4.79 Å². The van der Waals surface area contributed by atoms with E-state index in [4.69, 9.17) is 0 Å². The van der Waals surface area contributed by atoms with Crippen molar-refractivity contribution in [2.75, 3.05) is 25.5 Å². The molecule has 1 aliphatic heterocycles. The summed E-state index contributed by atoms with van der Waals surface area (Å²) in [5, 5.41) is 5.69. The number of benzene rings is 1. The van der Waals surface area contributed by atoms with Crippen molar-refractivity contribution in [2.24, 2.45) is 0 Å². The molecular formula is C16H23N3O2. The van der Waals surface area contributed by atoms with Gasteiger partial charge in [-0.2, -0.15) is 0 Å². The molecule has 5 heteroatoms. The number of piperidine rings is 1. The molecule has 2 N–H and O–H groups in total. The van der Waals surface area contributed by atoms with Gasteiger partial charge in [-0.1, -0.05) is 6.42 Å². The van der Waals surface area contributed by atoms with Crippen molar-refractivity contribution in [1.29, 1.82) is 0 Å². The quantitative estimate of drug-likeness (QED) is 0.837.